The Kier molecular flexibility index (Phi) is 5.86. The quantitative estimate of drug-likeness (QED) is 0.691. The summed E-state index contributed by atoms with van der Waals surface area (Å²) in [5, 5.41) is 6.91. The van der Waals surface area contributed by atoms with Gasteiger partial charge in [-0.2, -0.15) is 0 Å². The molecule has 6 heteroatoms. The van der Waals surface area contributed by atoms with Gasteiger partial charge in [-0.1, -0.05) is 23.4 Å². The average molecular weight is 365 g/mol. The van der Waals surface area contributed by atoms with E-state index in [9.17, 15) is 4.79 Å². The van der Waals surface area contributed by atoms with Gasteiger partial charge in [0, 0.05) is 12.4 Å². The van der Waals surface area contributed by atoms with E-state index in [1.165, 1.54) is 0 Å². The van der Waals surface area contributed by atoms with Crippen LogP contribution in [0.5, 0.6) is 5.75 Å². The van der Waals surface area contributed by atoms with Crippen molar-refractivity contribution in [2.75, 3.05) is 0 Å². The minimum absolute atomic E-state index is 0.0317. The van der Waals surface area contributed by atoms with Crippen LogP contribution in [0.15, 0.2) is 53.3 Å². The first-order valence-corrected chi connectivity index (χ1v) is 8.85. The summed E-state index contributed by atoms with van der Waals surface area (Å²) in [6, 6.07) is 11.3. The van der Waals surface area contributed by atoms with Crippen molar-refractivity contribution in [2.24, 2.45) is 0 Å². The number of hydrogen-bond acceptors (Lipinski definition) is 5. The molecule has 3 rings (SSSR count). The fourth-order valence-electron chi connectivity index (χ4n) is 2.76. The van der Waals surface area contributed by atoms with E-state index >= 15 is 0 Å². The lowest BCUT2D eigenvalue weighted by Crippen LogP contribution is -2.28. The molecule has 6 nitrogen and oxygen atoms in total. The lowest BCUT2D eigenvalue weighted by Gasteiger charge is -2.14. The molecular formula is C21H23N3O3. The number of hydrogen-bond donors (Lipinski definition) is 1. The van der Waals surface area contributed by atoms with Gasteiger partial charge in [-0.25, -0.2) is 0 Å². The van der Waals surface area contributed by atoms with Crippen LogP contribution < -0.4 is 10.1 Å². The van der Waals surface area contributed by atoms with Crippen molar-refractivity contribution < 1.29 is 14.1 Å². The first-order valence-electron chi connectivity index (χ1n) is 8.85. The van der Waals surface area contributed by atoms with E-state index in [0.29, 0.717) is 13.0 Å². The Bertz CT molecular complexity index is 869. The van der Waals surface area contributed by atoms with Crippen LogP contribution in [-0.4, -0.2) is 16.0 Å². The Morgan fingerprint density at radius 1 is 1.22 bits per heavy atom. The molecule has 0 saturated heterocycles. The van der Waals surface area contributed by atoms with E-state index in [1.807, 2.05) is 57.2 Å². The summed E-state index contributed by atoms with van der Waals surface area (Å²) < 4.78 is 10.9. The van der Waals surface area contributed by atoms with Crippen LogP contribution in [0.4, 0.5) is 0 Å². The zero-order valence-corrected chi connectivity index (χ0v) is 15.7. The first-order chi connectivity index (χ1) is 13.0. The zero-order chi connectivity index (χ0) is 19.2. The molecule has 0 fully saturated rings. The highest BCUT2D eigenvalue weighted by atomic mass is 16.5. The molecule has 0 aliphatic heterocycles. The molecule has 0 aliphatic carbocycles. The number of amides is 1. The number of nitrogens with zero attached hydrogens (tertiary/aromatic N) is 2. The highest BCUT2D eigenvalue weighted by molar-refractivity contribution is 5.79. The molecule has 0 spiro atoms. The zero-order valence-electron chi connectivity index (χ0n) is 15.7. The molecule has 3 aromatic rings. The Labute approximate surface area is 158 Å². The topological polar surface area (TPSA) is 77.2 Å². The van der Waals surface area contributed by atoms with Gasteiger partial charge in [0.15, 0.2) is 0 Å². The first kappa shape index (κ1) is 18.6. The second kappa shape index (κ2) is 8.49. The van der Waals surface area contributed by atoms with Gasteiger partial charge < -0.3 is 14.6 Å². The third kappa shape index (κ3) is 4.94. The van der Waals surface area contributed by atoms with Gasteiger partial charge in [0.2, 0.25) is 5.91 Å². The number of carbonyl (C=O) groups excluding carboxylic acids is 1. The predicted octanol–water partition coefficient (Wildman–Crippen LogP) is 3.69. The summed E-state index contributed by atoms with van der Waals surface area (Å²) in [5.74, 6) is 1.47. The average Bonchev–Trinajstić information content (AvgIpc) is 2.99. The van der Waals surface area contributed by atoms with E-state index < -0.39 is 0 Å². The van der Waals surface area contributed by atoms with E-state index in [0.717, 1.165) is 33.9 Å². The maximum atomic E-state index is 12.3. The van der Waals surface area contributed by atoms with Gasteiger partial charge >= 0.3 is 0 Å². The normalized spacial score (nSPS) is 11.8. The number of pyridine rings is 1. The number of nitrogens with one attached hydrogen (secondary N) is 1. The van der Waals surface area contributed by atoms with E-state index in [-0.39, 0.29) is 11.9 Å². The Balaban J connectivity index is 1.52. The molecule has 0 bridgehead atoms. The number of benzene rings is 1. The van der Waals surface area contributed by atoms with Gasteiger partial charge in [-0.15, -0.1) is 0 Å². The highest BCUT2D eigenvalue weighted by Crippen LogP contribution is 2.18. The number of aromatic nitrogens is 2. The van der Waals surface area contributed by atoms with E-state index in [1.54, 1.807) is 12.4 Å². The Morgan fingerprint density at radius 3 is 2.63 bits per heavy atom. The largest absolute Gasteiger partial charge is 0.489 e. The van der Waals surface area contributed by atoms with Crippen LogP contribution in [0.25, 0.3) is 0 Å². The summed E-state index contributed by atoms with van der Waals surface area (Å²) in [4.78, 5) is 16.3. The van der Waals surface area contributed by atoms with Gasteiger partial charge in [-0.05, 0) is 50.1 Å². The van der Waals surface area contributed by atoms with Crippen LogP contribution in [-0.2, 0) is 17.8 Å². The number of aryl methyl sites for hydroxylation is 2. The number of ether oxygens (including phenoxy) is 1. The summed E-state index contributed by atoms with van der Waals surface area (Å²) in [5.41, 5.74) is 3.70. The van der Waals surface area contributed by atoms with Crippen molar-refractivity contribution in [1.29, 1.82) is 0 Å². The summed E-state index contributed by atoms with van der Waals surface area (Å²) >= 11 is 0. The minimum atomic E-state index is -0.0798. The maximum Gasteiger partial charge on any atom is 0.224 e. The SMILES string of the molecule is Cc1noc(C)c1COc1ccc(CC(=O)NC(C)c2cccnc2)cc1. The third-order valence-electron chi connectivity index (χ3n) is 4.41. The minimum Gasteiger partial charge on any atom is -0.489 e. The molecule has 1 unspecified atom stereocenters. The molecule has 27 heavy (non-hydrogen) atoms. The van der Waals surface area contributed by atoms with Crippen molar-refractivity contribution >= 4 is 5.91 Å². The number of carbonyl (C=O) groups is 1. The van der Waals surface area contributed by atoms with Gasteiger partial charge in [-0.3, -0.25) is 9.78 Å². The van der Waals surface area contributed by atoms with Crippen LogP contribution in [0.3, 0.4) is 0 Å². The number of rotatable bonds is 7. The molecule has 0 radical (unpaired) electrons. The summed E-state index contributed by atoms with van der Waals surface area (Å²) in [6.07, 6.45) is 3.79. The van der Waals surface area contributed by atoms with Crippen molar-refractivity contribution in [3.63, 3.8) is 0 Å². The molecule has 0 saturated carbocycles. The monoisotopic (exact) mass is 365 g/mol. The fourth-order valence-corrected chi connectivity index (χ4v) is 2.76. The fraction of sp³-hybridized carbons (Fsp3) is 0.286. The van der Waals surface area contributed by atoms with E-state index in [2.05, 4.69) is 15.5 Å². The molecule has 1 N–H and O–H groups in total. The van der Waals surface area contributed by atoms with E-state index in [4.69, 9.17) is 9.26 Å². The van der Waals surface area contributed by atoms with Crippen molar-refractivity contribution in [3.05, 3.63) is 76.9 Å². The third-order valence-corrected chi connectivity index (χ3v) is 4.41. The second-order valence-corrected chi connectivity index (χ2v) is 6.49. The van der Waals surface area contributed by atoms with Gasteiger partial charge in [0.25, 0.3) is 0 Å². The summed E-state index contributed by atoms with van der Waals surface area (Å²) in [6.45, 7) is 6.11. The molecule has 2 heterocycles. The van der Waals surface area contributed by atoms with Crippen molar-refractivity contribution in [3.8, 4) is 5.75 Å². The predicted molar refractivity (Wildman–Crippen MR) is 101 cm³/mol. The molecule has 1 aromatic carbocycles. The van der Waals surface area contributed by atoms with Crippen molar-refractivity contribution in [1.82, 2.24) is 15.5 Å². The Morgan fingerprint density at radius 2 is 2.00 bits per heavy atom. The molecule has 1 atom stereocenters. The van der Waals surface area contributed by atoms with Crippen LogP contribution >= 0.6 is 0 Å². The van der Waals surface area contributed by atoms with Crippen LogP contribution in [0.2, 0.25) is 0 Å². The lowest BCUT2D eigenvalue weighted by molar-refractivity contribution is -0.121. The van der Waals surface area contributed by atoms with Gasteiger partial charge in [0.1, 0.15) is 18.1 Å². The molecule has 140 valence electrons. The van der Waals surface area contributed by atoms with Crippen LogP contribution in [0.1, 0.15) is 41.1 Å². The second-order valence-electron chi connectivity index (χ2n) is 6.49. The molecule has 2 aromatic heterocycles. The molecule has 0 aliphatic rings. The smallest absolute Gasteiger partial charge is 0.224 e. The Hall–Kier alpha value is -3.15. The van der Waals surface area contributed by atoms with Crippen molar-refractivity contribution in [2.45, 2.75) is 39.8 Å². The lowest BCUT2D eigenvalue weighted by atomic mass is 10.1. The molecular weight excluding hydrogens is 342 g/mol. The highest BCUT2D eigenvalue weighted by Gasteiger charge is 2.11. The summed E-state index contributed by atoms with van der Waals surface area (Å²) in [7, 11) is 0. The van der Waals surface area contributed by atoms with Gasteiger partial charge in [0.05, 0.1) is 23.7 Å². The van der Waals surface area contributed by atoms with Crippen LogP contribution in [0, 0.1) is 13.8 Å². The molecule has 1 amide bonds. The standard InChI is InChI=1S/C21H23N3O3/c1-14(18-5-4-10-22-12-18)23-21(25)11-17-6-8-19(9-7-17)26-13-20-15(2)24-27-16(20)3/h4-10,12,14H,11,13H2,1-3H3,(H,23,25). The maximum absolute atomic E-state index is 12.3.